The number of anilines is 8. The number of nitrogens with zero attached hydrogens (tertiary/aromatic N) is 13. The van der Waals surface area contributed by atoms with Gasteiger partial charge in [0.05, 0.1) is 46.2 Å². The van der Waals surface area contributed by atoms with Crippen molar-refractivity contribution in [3.05, 3.63) is 281 Å². The molecule has 13 heterocycles. The first kappa shape index (κ1) is 110. The summed E-state index contributed by atoms with van der Waals surface area (Å²) in [5, 5.41) is 4.44. The van der Waals surface area contributed by atoms with E-state index in [1.807, 2.05) is 72.4 Å². The van der Waals surface area contributed by atoms with Crippen molar-refractivity contribution in [2.24, 2.45) is 29.6 Å². The zero-order chi connectivity index (χ0) is 108. The highest BCUT2D eigenvalue weighted by molar-refractivity contribution is 7.91. The number of fused-ring (bicyclic) bond motifs is 1. The van der Waals surface area contributed by atoms with Gasteiger partial charge in [0.2, 0.25) is 5.88 Å². The van der Waals surface area contributed by atoms with Gasteiger partial charge in [0.1, 0.15) is 75.4 Å². The minimum atomic E-state index is -4.51. The lowest BCUT2D eigenvalue weighted by Crippen LogP contribution is -2.41. The van der Waals surface area contributed by atoms with E-state index >= 15 is 0 Å². The van der Waals surface area contributed by atoms with Gasteiger partial charge in [-0.15, -0.1) is 0 Å². The number of halogens is 7. The van der Waals surface area contributed by atoms with E-state index in [0.717, 1.165) is 78.6 Å². The van der Waals surface area contributed by atoms with E-state index in [0.29, 0.717) is 47.5 Å². The fourth-order valence-corrected chi connectivity index (χ4v) is 22.6. The van der Waals surface area contributed by atoms with Crippen LogP contribution in [0.25, 0.3) is 33.3 Å². The monoisotopic (exact) mass is 2140 g/mol. The third kappa shape index (κ3) is 26.5. The highest BCUT2D eigenvalue weighted by Gasteiger charge is 2.52. The average Bonchev–Trinajstić information content (AvgIpc) is 1.64. The number of rotatable bonds is 26. The van der Waals surface area contributed by atoms with Crippen molar-refractivity contribution in [1.82, 2.24) is 63.7 Å². The van der Waals surface area contributed by atoms with Gasteiger partial charge in [0, 0.05) is 136 Å². The van der Waals surface area contributed by atoms with Crippen molar-refractivity contribution < 1.29 is 88.7 Å². The number of nitrogen functional groups attached to an aromatic ring is 2. The van der Waals surface area contributed by atoms with Crippen LogP contribution in [-0.2, 0) is 46.7 Å². The lowest BCUT2D eigenvalue weighted by molar-refractivity contribution is -0.169. The Kier molecular flexibility index (Phi) is 32.7. The maximum Gasteiger partial charge on any atom is 0.393 e. The second-order valence-corrected chi connectivity index (χ2v) is 46.5. The first-order chi connectivity index (χ1) is 70.0. The number of nitrogens with one attached hydrogen (secondary N) is 5. The summed E-state index contributed by atoms with van der Waals surface area (Å²) in [7, 11) is -17.3. The van der Waals surface area contributed by atoms with Crippen molar-refractivity contribution in [2.45, 2.75) is 171 Å². The fraction of sp³-hybridized carbons (Fsp3) is 0.317. The minimum Gasteiger partial charge on any atom is -0.493 e. The Bertz CT molecular complexity index is 7710. The largest absolute Gasteiger partial charge is 0.493 e. The molecular formula is C104H111ClF6N20O14S4. The van der Waals surface area contributed by atoms with Crippen LogP contribution in [0.3, 0.4) is 0 Å². The Balaban J connectivity index is 0.000000157. The van der Waals surface area contributed by atoms with Gasteiger partial charge in [-0.2, -0.15) is 43.4 Å². The van der Waals surface area contributed by atoms with E-state index in [-0.39, 0.29) is 131 Å². The molecule has 34 nitrogen and oxygen atoms in total. The molecule has 4 saturated heterocycles. The highest BCUT2D eigenvalue weighted by Crippen LogP contribution is 2.47. The molecule has 4 amide bonds. The Morgan fingerprint density at radius 1 is 0.456 bits per heavy atom. The molecule has 149 heavy (non-hydrogen) atoms. The van der Waals surface area contributed by atoms with Crippen LogP contribution in [0, 0.1) is 47.0 Å². The van der Waals surface area contributed by atoms with Gasteiger partial charge in [-0.25, -0.2) is 75.4 Å². The van der Waals surface area contributed by atoms with E-state index in [4.69, 9.17) is 32.5 Å². The van der Waals surface area contributed by atoms with Crippen molar-refractivity contribution in [3.63, 3.8) is 0 Å². The first-order valence-electron chi connectivity index (χ1n) is 47.2. The number of hydrogen-bond donors (Lipinski definition) is 7. The van der Waals surface area contributed by atoms with Crippen LogP contribution >= 0.6 is 11.6 Å². The minimum absolute atomic E-state index is 0.00108. The van der Waals surface area contributed by atoms with E-state index in [1.54, 1.807) is 93.2 Å². The summed E-state index contributed by atoms with van der Waals surface area (Å²) < 4.78 is 207. The zero-order valence-electron chi connectivity index (χ0n) is 83.4. The highest BCUT2D eigenvalue weighted by atomic mass is 35.5. The molecule has 45 heteroatoms. The number of alkyl halides is 3. The molecule has 0 radical (unpaired) electrons. The second-order valence-electron chi connectivity index (χ2n) is 39.6. The van der Waals surface area contributed by atoms with Crippen LogP contribution in [0.5, 0.6) is 11.6 Å². The summed E-state index contributed by atoms with van der Waals surface area (Å²) >= 11 is 6.14. The summed E-state index contributed by atoms with van der Waals surface area (Å²) in [5.74, 6) is -4.91. The predicted molar refractivity (Wildman–Crippen MR) is 554 cm³/mol. The van der Waals surface area contributed by atoms with Gasteiger partial charge < -0.3 is 45.9 Å². The molecular weight excluding hydrogens is 2030 g/mol. The van der Waals surface area contributed by atoms with E-state index in [9.17, 15) is 79.2 Å². The predicted octanol–water partition coefficient (Wildman–Crippen LogP) is 17.9. The zero-order valence-corrected chi connectivity index (χ0v) is 87.4. The van der Waals surface area contributed by atoms with Crippen LogP contribution in [0.4, 0.5) is 72.8 Å². The quantitative estimate of drug-likeness (QED) is 0.0248. The average molecular weight is 2140 g/mol. The lowest BCUT2D eigenvalue weighted by atomic mass is 9.96. The standard InChI is InChI=1S/C28H31F4N5O4S.C27H28N6O3S.C25H27ClN4O4S.C24H25F2N5O3S/c1-16(2)15-41-20-11-17(10-19(29)12-20)22-9-8-21(26(38)36-42(39,40)24-7-5-6-23(33)35-24)25(34-22)37-14-18(28(30,31)32)13-27(37,3)4;1-18-15-27(2,3)33(17-18)25-21(8-6-13-29-25)26(34)32-37(35,36)24-11-5-10-23(31-24)30-22-9-4-7-19-16-28-14-12-20(19)22;1-17-14-25(2,3)30(15-17)23-19(9-7-13-27-23)24(31)29-35(32,33)22-12-6-11-21(28-22)34-16-18-8-4-5-10-20(18)26;1-14-12-24(2,3)31(13-14)22-18(6-7-19(29-22)15-9-16(25)11-17(26)10-15)23(32)30-35(33,34)20-5-4-8-28-21(20)27/h5-12,16,18H,13-15H2,1-4H3,(H2,33,35)(H,36,38);4-14,16,18H,15,17H2,1-3H3,(H,30,31)(H,32,34);4-13,17H,14-16H2,1-3H3,(H,29,31);4-11,14H,12-13H2,1-3H3,(H2,27,28)(H,30,32)/t;;;14-/m...0/s1. The van der Waals surface area contributed by atoms with E-state index in [2.05, 4.69) is 118 Å². The van der Waals surface area contributed by atoms with Crippen LogP contribution in [-0.4, -0.2) is 163 Å². The SMILES string of the molecule is CC(C)COc1cc(F)cc(-c2ccc(C(=O)NS(=O)(=O)c3cccc(N)n3)c(N3CC(C(F)(F)F)CC3(C)C)n2)c1.CC1CN(c2ncccc2C(=O)NS(=O)(=O)c2cccc(Nc3cccc4cnccc34)n2)C(C)(C)C1.CC1CN(c2ncccc2C(=O)NS(=O)(=O)c2cccc(OCc3ccccc3Cl)n2)C(C)(C)C1.C[C@@H]1CN(c2nc(-c3cc(F)cc(F)c3)ccc2C(=O)NS(=O)(=O)c2cccnc2N)C(C)(C)C1. The number of aromatic nitrogens is 9. The molecule has 13 aromatic rings. The normalized spacial score (nSPS) is 17.2. The molecule has 784 valence electrons. The maximum absolute atomic E-state index is 14.5. The number of ether oxygens (including phenoxy) is 2. The molecule has 4 fully saturated rings. The third-order valence-corrected chi connectivity index (χ3v) is 30.5. The molecule has 0 saturated carbocycles. The number of amides is 4. The smallest absolute Gasteiger partial charge is 0.393 e. The number of nitrogens with two attached hydrogens (primary N) is 2. The molecule has 3 unspecified atom stereocenters. The Morgan fingerprint density at radius 3 is 1.40 bits per heavy atom. The van der Waals surface area contributed by atoms with Crippen molar-refractivity contribution in [3.8, 4) is 34.1 Å². The van der Waals surface area contributed by atoms with Gasteiger partial charge >= 0.3 is 6.18 Å². The van der Waals surface area contributed by atoms with Crippen LogP contribution in [0.1, 0.15) is 163 Å². The molecule has 9 N–H and O–H groups in total. The summed E-state index contributed by atoms with van der Waals surface area (Å²) in [6.07, 6.45) is 5.87. The number of pyridine rings is 9. The molecule has 4 aliphatic heterocycles. The van der Waals surface area contributed by atoms with E-state index < -0.39 is 116 Å². The summed E-state index contributed by atoms with van der Waals surface area (Å²) in [4.78, 5) is 97.9. The summed E-state index contributed by atoms with van der Waals surface area (Å²) in [5.41, 5.74) is 11.7. The molecule has 0 aliphatic carbocycles. The molecule has 0 bridgehead atoms. The number of benzene rings is 4. The van der Waals surface area contributed by atoms with Crippen molar-refractivity contribution in [1.29, 1.82) is 0 Å². The Morgan fingerprint density at radius 2 is 0.906 bits per heavy atom. The van der Waals surface area contributed by atoms with Gasteiger partial charge in [0.25, 0.3) is 63.7 Å². The van der Waals surface area contributed by atoms with Crippen molar-refractivity contribution >= 4 is 133 Å². The lowest BCUT2D eigenvalue weighted by Gasteiger charge is -2.34. The maximum atomic E-state index is 14.5. The van der Waals surface area contributed by atoms with Gasteiger partial charge in [0.15, 0.2) is 15.1 Å². The van der Waals surface area contributed by atoms with Crippen molar-refractivity contribution in [2.75, 3.05) is 69.2 Å². The van der Waals surface area contributed by atoms with Crippen LogP contribution < -0.4 is 64.7 Å². The third-order valence-electron chi connectivity index (χ3n) is 25.1. The van der Waals surface area contributed by atoms with Gasteiger partial charge in [-0.1, -0.05) is 94.8 Å². The number of hydrogen-bond acceptors (Lipinski definition) is 30. The fourth-order valence-electron chi connectivity index (χ4n) is 18.6. The summed E-state index contributed by atoms with van der Waals surface area (Å²) in [6, 6.07) is 48.9. The molecule has 4 aromatic carbocycles. The number of sulfonamides is 4. The second kappa shape index (κ2) is 44.3. The van der Waals surface area contributed by atoms with Crippen LogP contribution in [0.15, 0.2) is 251 Å². The van der Waals surface area contributed by atoms with Crippen LogP contribution in [0.2, 0.25) is 5.02 Å². The molecule has 4 aliphatic rings. The molecule has 17 rings (SSSR count). The number of carbonyl (C=O) groups is 4. The summed E-state index contributed by atoms with van der Waals surface area (Å²) in [6.45, 7) is 27.6. The molecule has 9 aromatic heterocycles. The molecule has 4 atom stereocenters. The Labute approximate surface area is 864 Å². The van der Waals surface area contributed by atoms with Gasteiger partial charge in [-0.3, -0.25) is 24.2 Å². The van der Waals surface area contributed by atoms with Gasteiger partial charge in [-0.05, 0) is 238 Å². The topological polar surface area (TPSA) is 464 Å². The Hall–Kier alpha value is -14.8. The van der Waals surface area contributed by atoms with E-state index in [1.165, 1.54) is 102 Å². The first-order valence-corrected chi connectivity index (χ1v) is 53.5. The molecule has 0 spiro atoms. The number of carbonyl (C=O) groups excluding carboxylic acids is 4.